The van der Waals surface area contributed by atoms with Gasteiger partial charge in [-0.25, -0.2) is 0 Å². The number of nitrogens with one attached hydrogen (secondary N) is 1. The van der Waals surface area contributed by atoms with Gasteiger partial charge in [0.1, 0.15) is 0 Å². The van der Waals surface area contributed by atoms with E-state index in [-0.39, 0.29) is 5.91 Å². The van der Waals surface area contributed by atoms with Gasteiger partial charge in [-0.15, -0.1) is 0 Å². The summed E-state index contributed by atoms with van der Waals surface area (Å²) in [5.41, 5.74) is 1.05. The van der Waals surface area contributed by atoms with Gasteiger partial charge >= 0.3 is 0 Å². The van der Waals surface area contributed by atoms with Crippen LogP contribution in [0.15, 0.2) is 42.5 Å². The van der Waals surface area contributed by atoms with Gasteiger partial charge in [0.25, 0.3) is 0 Å². The van der Waals surface area contributed by atoms with Gasteiger partial charge < -0.3 is 10.1 Å². The van der Waals surface area contributed by atoms with Crippen molar-refractivity contribution in [1.29, 1.82) is 0 Å². The first kappa shape index (κ1) is 16.5. The van der Waals surface area contributed by atoms with Gasteiger partial charge in [-0.1, -0.05) is 55.8 Å². The Hall–Kier alpha value is -1.87. The number of benzene rings is 2. The first-order valence-electron chi connectivity index (χ1n) is 8.11. The smallest absolute Gasteiger partial charge is 0.224 e. The summed E-state index contributed by atoms with van der Waals surface area (Å²) >= 11 is 0. The molecule has 0 saturated carbocycles. The van der Waals surface area contributed by atoms with Gasteiger partial charge in [0, 0.05) is 19.8 Å². The van der Waals surface area contributed by atoms with Crippen LogP contribution in [0.25, 0.3) is 10.8 Å². The normalized spacial score (nSPS) is 10.8. The molecule has 0 unspecified atom stereocenters. The molecule has 0 spiro atoms. The third-order valence-corrected chi connectivity index (χ3v) is 3.61. The lowest BCUT2D eigenvalue weighted by molar-refractivity contribution is -0.120. The fraction of sp³-hybridized carbons (Fsp3) is 0.421. The minimum absolute atomic E-state index is 0.0730. The molecule has 22 heavy (non-hydrogen) atoms. The quantitative estimate of drug-likeness (QED) is 0.717. The number of amides is 1. The third-order valence-electron chi connectivity index (χ3n) is 3.61. The van der Waals surface area contributed by atoms with Crippen LogP contribution < -0.4 is 5.32 Å². The van der Waals surface area contributed by atoms with Crippen LogP contribution in [0.2, 0.25) is 0 Å². The predicted octanol–water partition coefficient (Wildman–Crippen LogP) is 3.71. The number of carbonyl (C=O) groups excluding carboxylic acids is 1. The maximum Gasteiger partial charge on any atom is 0.224 e. The summed E-state index contributed by atoms with van der Waals surface area (Å²) in [4.78, 5) is 11.9. The number of rotatable bonds is 9. The monoisotopic (exact) mass is 299 g/mol. The molecule has 0 atom stereocenters. The molecular formula is C19H25NO2. The van der Waals surface area contributed by atoms with E-state index < -0.39 is 0 Å². The average Bonchev–Trinajstić information content (AvgIpc) is 2.54. The van der Waals surface area contributed by atoms with E-state index in [0.717, 1.165) is 38.0 Å². The van der Waals surface area contributed by atoms with Crippen LogP contribution in [-0.4, -0.2) is 25.7 Å². The van der Waals surface area contributed by atoms with Crippen LogP contribution in [0.4, 0.5) is 0 Å². The highest BCUT2D eigenvalue weighted by atomic mass is 16.5. The summed E-state index contributed by atoms with van der Waals surface area (Å²) in [7, 11) is 0. The van der Waals surface area contributed by atoms with E-state index in [1.165, 1.54) is 10.8 Å². The standard InChI is InChI=1S/C19H25NO2/c1-2-3-12-22-13-6-11-20-19(21)15-16-9-10-17-7-4-5-8-18(17)14-16/h4-5,7-10,14H,2-3,6,11-13,15H2,1H3,(H,20,21). The summed E-state index contributed by atoms with van der Waals surface area (Å²) in [6, 6.07) is 14.4. The fourth-order valence-electron chi connectivity index (χ4n) is 2.35. The van der Waals surface area contributed by atoms with Crippen molar-refractivity contribution >= 4 is 16.7 Å². The SMILES string of the molecule is CCCCOCCCNC(=O)Cc1ccc2ccccc2c1. The molecule has 0 fully saturated rings. The Bertz CT molecular complexity index is 595. The van der Waals surface area contributed by atoms with Gasteiger partial charge in [-0.05, 0) is 29.2 Å². The van der Waals surface area contributed by atoms with E-state index in [1.54, 1.807) is 0 Å². The average molecular weight is 299 g/mol. The van der Waals surface area contributed by atoms with Gasteiger partial charge in [-0.2, -0.15) is 0 Å². The molecule has 0 aromatic heterocycles. The molecule has 1 amide bonds. The number of fused-ring (bicyclic) bond motifs is 1. The second-order valence-electron chi connectivity index (χ2n) is 5.53. The van der Waals surface area contributed by atoms with E-state index in [9.17, 15) is 4.79 Å². The molecule has 2 aromatic rings. The number of unbranched alkanes of at least 4 members (excludes halogenated alkanes) is 1. The highest BCUT2D eigenvalue weighted by Crippen LogP contribution is 2.15. The Morgan fingerprint density at radius 1 is 1.05 bits per heavy atom. The molecule has 1 N–H and O–H groups in total. The number of carbonyl (C=O) groups is 1. The predicted molar refractivity (Wildman–Crippen MR) is 91.0 cm³/mol. The molecule has 118 valence electrons. The van der Waals surface area contributed by atoms with Gasteiger partial charge in [0.2, 0.25) is 5.91 Å². The maximum absolute atomic E-state index is 11.9. The zero-order valence-corrected chi connectivity index (χ0v) is 13.3. The molecule has 0 aliphatic carbocycles. The number of ether oxygens (including phenoxy) is 1. The summed E-state index contributed by atoms with van der Waals surface area (Å²) in [5, 5.41) is 5.33. The zero-order valence-electron chi connectivity index (χ0n) is 13.3. The highest BCUT2D eigenvalue weighted by Gasteiger charge is 2.03. The molecule has 2 aromatic carbocycles. The molecule has 3 heteroatoms. The minimum Gasteiger partial charge on any atom is -0.381 e. The van der Waals surface area contributed by atoms with Crippen molar-refractivity contribution in [2.75, 3.05) is 19.8 Å². The van der Waals surface area contributed by atoms with Crippen molar-refractivity contribution in [2.24, 2.45) is 0 Å². The van der Waals surface area contributed by atoms with Crippen molar-refractivity contribution in [3.63, 3.8) is 0 Å². The van der Waals surface area contributed by atoms with Crippen molar-refractivity contribution < 1.29 is 9.53 Å². The molecule has 0 bridgehead atoms. The molecule has 0 radical (unpaired) electrons. The van der Waals surface area contributed by atoms with Crippen LogP contribution >= 0.6 is 0 Å². The van der Waals surface area contributed by atoms with Gasteiger partial charge in [0.05, 0.1) is 6.42 Å². The van der Waals surface area contributed by atoms with E-state index in [2.05, 4.69) is 36.5 Å². The van der Waals surface area contributed by atoms with Crippen molar-refractivity contribution in [2.45, 2.75) is 32.6 Å². The second-order valence-corrected chi connectivity index (χ2v) is 5.53. The molecule has 0 heterocycles. The molecular weight excluding hydrogens is 274 g/mol. The molecule has 0 aliphatic rings. The van der Waals surface area contributed by atoms with Crippen molar-refractivity contribution in [3.05, 3.63) is 48.0 Å². The van der Waals surface area contributed by atoms with E-state index in [0.29, 0.717) is 13.0 Å². The van der Waals surface area contributed by atoms with E-state index in [1.807, 2.05) is 18.2 Å². The first-order chi connectivity index (χ1) is 10.8. The van der Waals surface area contributed by atoms with Crippen molar-refractivity contribution in [1.82, 2.24) is 5.32 Å². The fourth-order valence-corrected chi connectivity index (χ4v) is 2.35. The number of hydrogen-bond acceptors (Lipinski definition) is 2. The Labute approximate surface area is 132 Å². The van der Waals surface area contributed by atoms with Gasteiger partial charge in [0.15, 0.2) is 0 Å². The lowest BCUT2D eigenvalue weighted by Gasteiger charge is -2.07. The highest BCUT2D eigenvalue weighted by molar-refractivity contribution is 5.85. The summed E-state index contributed by atoms with van der Waals surface area (Å²) < 4.78 is 5.47. The Morgan fingerprint density at radius 3 is 2.64 bits per heavy atom. The van der Waals surface area contributed by atoms with Crippen LogP contribution in [-0.2, 0) is 16.0 Å². The lowest BCUT2D eigenvalue weighted by atomic mass is 10.0. The third kappa shape index (κ3) is 5.49. The number of hydrogen-bond donors (Lipinski definition) is 1. The molecule has 2 rings (SSSR count). The van der Waals surface area contributed by atoms with Crippen LogP contribution in [0.3, 0.4) is 0 Å². The summed E-state index contributed by atoms with van der Waals surface area (Å²) in [6.07, 6.45) is 3.56. The van der Waals surface area contributed by atoms with Gasteiger partial charge in [-0.3, -0.25) is 4.79 Å². The second kappa shape index (κ2) is 9.21. The topological polar surface area (TPSA) is 38.3 Å². The van der Waals surface area contributed by atoms with Crippen LogP contribution in [0.1, 0.15) is 31.7 Å². The summed E-state index contributed by atoms with van der Waals surface area (Å²) in [5.74, 6) is 0.0730. The summed E-state index contributed by atoms with van der Waals surface area (Å²) in [6.45, 7) is 4.37. The molecule has 0 aliphatic heterocycles. The Morgan fingerprint density at radius 2 is 1.82 bits per heavy atom. The minimum atomic E-state index is 0.0730. The van der Waals surface area contributed by atoms with Crippen LogP contribution in [0.5, 0.6) is 0 Å². The van der Waals surface area contributed by atoms with E-state index >= 15 is 0 Å². The van der Waals surface area contributed by atoms with E-state index in [4.69, 9.17) is 4.74 Å². The zero-order chi connectivity index (χ0) is 15.6. The van der Waals surface area contributed by atoms with Crippen molar-refractivity contribution in [3.8, 4) is 0 Å². The lowest BCUT2D eigenvalue weighted by Crippen LogP contribution is -2.26. The maximum atomic E-state index is 11.9. The first-order valence-corrected chi connectivity index (χ1v) is 8.11. The Balaban J connectivity index is 1.69. The molecule has 0 saturated heterocycles. The molecule has 3 nitrogen and oxygen atoms in total. The Kier molecular flexibility index (Phi) is 6.91. The largest absolute Gasteiger partial charge is 0.381 e. The van der Waals surface area contributed by atoms with Crippen LogP contribution in [0, 0.1) is 0 Å².